The highest BCUT2D eigenvalue weighted by Gasteiger charge is 2.16. The Labute approximate surface area is 144 Å². The van der Waals surface area contributed by atoms with Gasteiger partial charge in [-0.2, -0.15) is 15.0 Å². The van der Waals surface area contributed by atoms with Gasteiger partial charge in [-0.15, -0.1) is 0 Å². The lowest BCUT2D eigenvalue weighted by molar-refractivity contribution is 0.246. The van der Waals surface area contributed by atoms with E-state index in [2.05, 4.69) is 20.8 Å². The summed E-state index contributed by atoms with van der Waals surface area (Å²) in [6.45, 7) is 0.436. The molecule has 0 saturated heterocycles. The summed E-state index contributed by atoms with van der Waals surface area (Å²) in [6, 6.07) is 16.1. The minimum Gasteiger partial charge on any atom is -0.329 e. The van der Waals surface area contributed by atoms with Crippen molar-refractivity contribution in [1.29, 1.82) is 0 Å². The van der Waals surface area contributed by atoms with Crippen molar-refractivity contribution in [3.63, 3.8) is 0 Å². The number of halogens is 1. The van der Waals surface area contributed by atoms with Crippen molar-refractivity contribution >= 4 is 23.3 Å². The van der Waals surface area contributed by atoms with Gasteiger partial charge in [0.15, 0.2) is 0 Å². The molecular formula is C17H16ClN5O. The first-order chi connectivity index (χ1) is 11.7. The third kappa shape index (κ3) is 4.33. The van der Waals surface area contributed by atoms with Crippen molar-refractivity contribution in [2.45, 2.75) is 12.6 Å². The number of benzene rings is 2. The van der Waals surface area contributed by atoms with Gasteiger partial charge in [0, 0.05) is 10.7 Å². The standard InChI is InChI=1S/C17H16ClN5O/c18-14-6-8-15(9-7-14)21-17(24)22-16(12-23-19-10-11-20-23)13-4-2-1-3-5-13/h1-11,16H,12H2,(H2,21,22,24). The molecule has 0 spiro atoms. The number of urea groups is 1. The van der Waals surface area contributed by atoms with Gasteiger partial charge in [0.1, 0.15) is 0 Å². The van der Waals surface area contributed by atoms with Gasteiger partial charge >= 0.3 is 6.03 Å². The number of amides is 2. The Hall–Kier alpha value is -2.86. The zero-order chi connectivity index (χ0) is 16.8. The maximum atomic E-state index is 12.3. The van der Waals surface area contributed by atoms with Crippen LogP contribution < -0.4 is 10.6 Å². The van der Waals surface area contributed by atoms with Crippen LogP contribution in [0.2, 0.25) is 5.02 Å². The van der Waals surface area contributed by atoms with Crippen LogP contribution in [0.3, 0.4) is 0 Å². The van der Waals surface area contributed by atoms with Crippen LogP contribution in [-0.2, 0) is 6.54 Å². The van der Waals surface area contributed by atoms with Crippen LogP contribution in [-0.4, -0.2) is 21.0 Å². The summed E-state index contributed by atoms with van der Waals surface area (Å²) >= 11 is 5.85. The fourth-order valence-corrected chi connectivity index (χ4v) is 2.41. The second-order valence-electron chi connectivity index (χ2n) is 5.15. The average Bonchev–Trinajstić information content (AvgIpc) is 3.10. The van der Waals surface area contributed by atoms with Crippen molar-refractivity contribution in [3.8, 4) is 0 Å². The molecular weight excluding hydrogens is 326 g/mol. The number of nitrogens with zero attached hydrogens (tertiary/aromatic N) is 3. The summed E-state index contributed by atoms with van der Waals surface area (Å²) in [7, 11) is 0. The van der Waals surface area contributed by atoms with Crippen LogP contribution in [0.1, 0.15) is 11.6 Å². The summed E-state index contributed by atoms with van der Waals surface area (Å²) in [5, 5.41) is 14.6. The summed E-state index contributed by atoms with van der Waals surface area (Å²) in [5.41, 5.74) is 1.64. The number of carbonyl (C=O) groups is 1. The van der Waals surface area contributed by atoms with Crippen LogP contribution in [0, 0.1) is 0 Å². The fraction of sp³-hybridized carbons (Fsp3) is 0.118. The summed E-state index contributed by atoms with van der Waals surface area (Å²) in [5.74, 6) is 0. The third-order valence-corrected chi connectivity index (χ3v) is 3.67. The molecule has 0 saturated carbocycles. The number of hydrogen-bond acceptors (Lipinski definition) is 3. The SMILES string of the molecule is O=C(Nc1ccc(Cl)cc1)NC(Cn1nccn1)c1ccccc1. The minimum atomic E-state index is -0.307. The smallest absolute Gasteiger partial charge is 0.319 e. The van der Waals surface area contributed by atoms with Crippen LogP contribution in [0.25, 0.3) is 0 Å². The number of anilines is 1. The van der Waals surface area contributed by atoms with Gasteiger partial charge in [-0.05, 0) is 29.8 Å². The van der Waals surface area contributed by atoms with Gasteiger partial charge in [0.05, 0.1) is 25.0 Å². The maximum Gasteiger partial charge on any atom is 0.319 e. The Bertz CT molecular complexity index is 775. The van der Waals surface area contributed by atoms with Gasteiger partial charge in [0.2, 0.25) is 0 Å². The highest BCUT2D eigenvalue weighted by Crippen LogP contribution is 2.16. The zero-order valence-electron chi connectivity index (χ0n) is 12.8. The molecule has 0 aliphatic carbocycles. The van der Waals surface area contributed by atoms with Gasteiger partial charge in [-0.1, -0.05) is 41.9 Å². The second kappa shape index (κ2) is 7.61. The molecule has 3 aromatic rings. The molecule has 24 heavy (non-hydrogen) atoms. The van der Waals surface area contributed by atoms with Crippen LogP contribution in [0.15, 0.2) is 67.0 Å². The van der Waals surface area contributed by atoms with Crippen LogP contribution in [0.5, 0.6) is 0 Å². The number of nitrogens with one attached hydrogen (secondary N) is 2. The third-order valence-electron chi connectivity index (χ3n) is 3.42. The van der Waals surface area contributed by atoms with Crippen LogP contribution >= 0.6 is 11.6 Å². The molecule has 3 rings (SSSR count). The van der Waals surface area contributed by atoms with Gasteiger partial charge in [-0.25, -0.2) is 4.79 Å². The van der Waals surface area contributed by atoms with Crippen molar-refractivity contribution in [1.82, 2.24) is 20.3 Å². The van der Waals surface area contributed by atoms with E-state index in [0.717, 1.165) is 5.56 Å². The molecule has 2 amide bonds. The average molecular weight is 342 g/mol. The molecule has 0 aliphatic rings. The lowest BCUT2D eigenvalue weighted by Crippen LogP contribution is -2.35. The Morgan fingerprint density at radius 2 is 1.71 bits per heavy atom. The molecule has 0 aliphatic heterocycles. The van der Waals surface area contributed by atoms with E-state index in [-0.39, 0.29) is 12.1 Å². The predicted molar refractivity (Wildman–Crippen MR) is 92.8 cm³/mol. The maximum absolute atomic E-state index is 12.3. The Morgan fingerprint density at radius 1 is 1.04 bits per heavy atom. The van der Waals surface area contributed by atoms with E-state index in [1.54, 1.807) is 41.5 Å². The molecule has 0 radical (unpaired) electrons. The molecule has 0 bridgehead atoms. The van der Waals surface area contributed by atoms with E-state index in [0.29, 0.717) is 17.3 Å². The van der Waals surface area contributed by atoms with Crippen molar-refractivity contribution in [2.24, 2.45) is 0 Å². The summed E-state index contributed by atoms with van der Waals surface area (Å²) in [6.07, 6.45) is 3.21. The molecule has 1 heterocycles. The predicted octanol–water partition coefficient (Wildman–Crippen LogP) is 3.49. The van der Waals surface area contributed by atoms with Crippen molar-refractivity contribution < 1.29 is 4.79 Å². The molecule has 0 fully saturated rings. The molecule has 122 valence electrons. The van der Waals surface area contributed by atoms with E-state index in [9.17, 15) is 4.79 Å². The normalized spacial score (nSPS) is 11.7. The molecule has 1 unspecified atom stereocenters. The quantitative estimate of drug-likeness (QED) is 0.746. The van der Waals surface area contributed by atoms with E-state index in [1.807, 2.05) is 30.3 Å². The van der Waals surface area contributed by atoms with Crippen LogP contribution in [0.4, 0.5) is 10.5 Å². The number of aromatic nitrogens is 3. The topological polar surface area (TPSA) is 71.8 Å². The number of hydrogen-bond donors (Lipinski definition) is 2. The summed E-state index contributed by atoms with van der Waals surface area (Å²) in [4.78, 5) is 13.8. The molecule has 1 aromatic heterocycles. The van der Waals surface area contributed by atoms with Gasteiger partial charge < -0.3 is 10.6 Å². The van der Waals surface area contributed by atoms with Crippen molar-refractivity contribution in [2.75, 3.05) is 5.32 Å². The van der Waals surface area contributed by atoms with E-state index >= 15 is 0 Å². The zero-order valence-corrected chi connectivity index (χ0v) is 13.5. The fourth-order valence-electron chi connectivity index (χ4n) is 2.28. The Balaban J connectivity index is 1.71. The first-order valence-electron chi connectivity index (χ1n) is 7.43. The summed E-state index contributed by atoms with van der Waals surface area (Å²) < 4.78 is 0. The Morgan fingerprint density at radius 3 is 2.38 bits per heavy atom. The molecule has 7 heteroatoms. The largest absolute Gasteiger partial charge is 0.329 e. The van der Waals surface area contributed by atoms with Crippen molar-refractivity contribution in [3.05, 3.63) is 77.6 Å². The molecule has 2 N–H and O–H groups in total. The molecule has 1 atom stereocenters. The number of carbonyl (C=O) groups excluding carboxylic acids is 1. The lowest BCUT2D eigenvalue weighted by Gasteiger charge is -2.19. The Kier molecular flexibility index (Phi) is 5.08. The monoisotopic (exact) mass is 341 g/mol. The first-order valence-corrected chi connectivity index (χ1v) is 7.80. The van der Waals surface area contributed by atoms with E-state index < -0.39 is 0 Å². The lowest BCUT2D eigenvalue weighted by atomic mass is 10.1. The van der Waals surface area contributed by atoms with Gasteiger partial charge in [-0.3, -0.25) is 0 Å². The first kappa shape index (κ1) is 16.0. The molecule has 6 nitrogen and oxygen atoms in total. The number of rotatable bonds is 5. The van der Waals surface area contributed by atoms with E-state index in [1.165, 1.54) is 0 Å². The highest BCUT2D eigenvalue weighted by atomic mass is 35.5. The minimum absolute atomic E-state index is 0.258. The second-order valence-corrected chi connectivity index (χ2v) is 5.59. The van der Waals surface area contributed by atoms with Gasteiger partial charge in [0.25, 0.3) is 0 Å². The molecule has 2 aromatic carbocycles. The highest BCUT2D eigenvalue weighted by molar-refractivity contribution is 6.30. The van der Waals surface area contributed by atoms with E-state index in [4.69, 9.17) is 11.6 Å².